The minimum absolute atomic E-state index is 0.0202. The van der Waals surface area contributed by atoms with E-state index >= 15 is 0 Å². The summed E-state index contributed by atoms with van der Waals surface area (Å²) in [6.07, 6.45) is 8.85. The Bertz CT molecular complexity index is 908. The molecule has 3 heterocycles. The molecule has 3 rings (SSSR count). The molecule has 1 aliphatic rings. The summed E-state index contributed by atoms with van der Waals surface area (Å²) in [4.78, 5) is 28.0. The molecule has 0 spiro atoms. The second-order valence-electron chi connectivity index (χ2n) is 6.26. The zero-order valence-electron chi connectivity index (χ0n) is 15.4. The van der Waals surface area contributed by atoms with Crippen molar-refractivity contribution < 1.29 is 4.79 Å². The average molecular weight is 382 g/mol. The van der Waals surface area contributed by atoms with Gasteiger partial charge in [0.2, 0.25) is 5.95 Å². The van der Waals surface area contributed by atoms with Crippen LogP contribution in [0, 0.1) is 0 Å². The van der Waals surface area contributed by atoms with Crippen molar-refractivity contribution in [1.82, 2.24) is 14.9 Å². The number of thiophene rings is 1. The highest BCUT2D eigenvalue weighted by Crippen LogP contribution is 2.26. The average Bonchev–Trinajstić information content (AvgIpc) is 3.35. The summed E-state index contributed by atoms with van der Waals surface area (Å²) >= 11 is 1.50. The minimum Gasteiger partial charge on any atom is -0.348 e. The number of amides is 1. The Morgan fingerprint density at radius 2 is 2.15 bits per heavy atom. The van der Waals surface area contributed by atoms with Gasteiger partial charge in [-0.1, -0.05) is 25.3 Å². The van der Waals surface area contributed by atoms with E-state index in [1.54, 1.807) is 12.3 Å². The number of carbonyl (C=O) groups is 1. The molecule has 27 heavy (non-hydrogen) atoms. The van der Waals surface area contributed by atoms with Crippen LogP contribution in [0.25, 0.3) is 10.2 Å². The summed E-state index contributed by atoms with van der Waals surface area (Å²) in [7, 11) is 0. The second kappa shape index (κ2) is 8.73. The first-order chi connectivity index (χ1) is 13.1. The molecule has 1 aliphatic heterocycles. The van der Waals surface area contributed by atoms with E-state index in [1.165, 1.54) is 17.5 Å². The molecule has 7 heteroatoms. The third-order valence-corrected chi connectivity index (χ3v) is 5.29. The summed E-state index contributed by atoms with van der Waals surface area (Å²) in [5, 5.41) is 5.21. The SMILES string of the molecule is C=C/C=C(\C=NC=C)C(C)Nc1nc(C(=O)N2CCCC2)c2sccc2n1. The summed E-state index contributed by atoms with van der Waals surface area (Å²) in [5.74, 6) is 0.408. The summed E-state index contributed by atoms with van der Waals surface area (Å²) in [6.45, 7) is 10.9. The van der Waals surface area contributed by atoms with E-state index < -0.39 is 0 Å². The molecule has 0 bridgehead atoms. The van der Waals surface area contributed by atoms with Gasteiger partial charge in [0, 0.05) is 25.5 Å². The standard InChI is InChI=1S/C20H23N5OS/c1-4-8-15(13-21-5-2)14(3)22-20-23-16-9-12-27-18(16)17(24-20)19(26)25-10-6-7-11-25/h4-5,8-9,12-14H,1-2,6-7,10-11H2,3H3,(H,22,23,24)/b15-8+,21-13?. The zero-order valence-corrected chi connectivity index (χ0v) is 16.2. The summed E-state index contributed by atoms with van der Waals surface area (Å²) < 4.78 is 0.834. The van der Waals surface area contributed by atoms with Gasteiger partial charge in [0.05, 0.1) is 16.3 Å². The van der Waals surface area contributed by atoms with E-state index in [2.05, 4.69) is 33.4 Å². The van der Waals surface area contributed by atoms with Gasteiger partial charge in [-0.15, -0.1) is 11.3 Å². The fraction of sp³-hybridized carbons (Fsp3) is 0.300. The number of aromatic nitrogens is 2. The van der Waals surface area contributed by atoms with Gasteiger partial charge >= 0.3 is 0 Å². The first kappa shape index (κ1) is 19.0. The van der Waals surface area contributed by atoms with Crippen LogP contribution in [0.1, 0.15) is 30.3 Å². The van der Waals surface area contributed by atoms with Gasteiger partial charge in [0.25, 0.3) is 5.91 Å². The molecule has 0 aromatic carbocycles. The van der Waals surface area contributed by atoms with Crippen molar-refractivity contribution in [2.24, 2.45) is 4.99 Å². The molecule has 1 atom stereocenters. The van der Waals surface area contributed by atoms with E-state index in [9.17, 15) is 4.79 Å². The topological polar surface area (TPSA) is 70.5 Å². The van der Waals surface area contributed by atoms with Crippen LogP contribution in [-0.4, -0.2) is 46.1 Å². The Morgan fingerprint density at radius 3 is 2.85 bits per heavy atom. The Kier molecular flexibility index (Phi) is 6.13. The molecule has 0 radical (unpaired) electrons. The molecule has 0 saturated carbocycles. The number of carbonyl (C=O) groups excluding carboxylic acids is 1. The predicted octanol–water partition coefficient (Wildman–Crippen LogP) is 4.05. The van der Waals surface area contributed by atoms with Crippen molar-refractivity contribution in [2.75, 3.05) is 18.4 Å². The molecule has 1 saturated heterocycles. The second-order valence-corrected chi connectivity index (χ2v) is 7.18. The Balaban J connectivity index is 1.91. The molecular weight excluding hydrogens is 358 g/mol. The molecule has 0 aliphatic carbocycles. The van der Waals surface area contributed by atoms with Gasteiger partial charge in [-0.05, 0) is 36.8 Å². The largest absolute Gasteiger partial charge is 0.348 e. The number of aliphatic imine (C=N–C) groups is 1. The number of allylic oxidation sites excluding steroid dienone is 2. The zero-order chi connectivity index (χ0) is 19.2. The molecule has 140 valence electrons. The highest BCUT2D eigenvalue weighted by molar-refractivity contribution is 7.17. The van der Waals surface area contributed by atoms with E-state index in [0.29, 0.717) is 11.6 Å². The van der Waals surface area contributed by atoms with Gasteiger partial charge < -0.3 is 10.2 Å². The molecule has 1 unspecified atom stereocenters. The molecule has 1 N–H and O–H groups in total. The number of anilines is 1. The normalized spacial score (nSPS) is 16.0. The van der Waals surface area contributed by atoms with E-state index in [4.69, 9.17) is 0 Å². The van der Waals surface area contributed by atoms with Crippen LogP contribution in [0.5, 0.6) is 0 Å². The van der Waals surface area contributed by atoms with E-state index in [1.807, 2.05) is 29.3 Å². The smallest absolute Gasteiger partial charge is 0.274 e. The number of nitrogens with zero attached hydrogens (tertiary/aromatic N) is 4. The number of hydrogen-bond acceptors (Lipinski definition) is 6. The lowest BCUT2D eigenvalue weighted by molar-refractivity contribution is 0.0789. The summed E-state index contributed by atoms with van der Waals surface area (Å²) in [5.41, 5.74) is 2.16. The number of fused-ring (bicyclic) bond motifs is 1. The van der Waals surface area contributed by atoms with Crippen LogP contribution < -0.4 is 5.32 Å². The van der Waals surface area contributed by atoms with Crippen LogP contribution in [0.4, 0.5) is 5.95 Å². The first-order valence-electron chi connectivity index (χ1n) is 8.91. The number of likely N-dealkylation sites (tertiary alicyclic amines) is 1. The third-order valence-electron chi connectivity index (χ3n) is 4.38. The van der Waals surface area contributed by atoms with Gasteiger partial charge in [-0.2, -0.15) is 0 Å². The molecule has 1 fully saturated rings. The fourth-order valence-electron chi connectivity index (χ4n) is 2.99. The van der Waals surface area contributed by atoms with Gasteiger partial charge in [0.15, 0.2) is 5.69 Å². The van der Waals surface area contributed by atoms with Gasteiger partial charge in [-0.3, -0.25) is 9.79 Å². The maximum atomic E-state index is 12.9. The van der Waals surface area contributed by atoms with Crippen LogP contribution in [-0.2, 0) is 0 Å². The van der Waals surface area contributed by atoms with Crippen LogP contribution >= 0.6 is 11.3 Å². The van der Waals surface area contributed by atoms with Crippen molar-refractivity contribution in [3.05, 3.63) is 54.2 Å². The number of rotatable bonds is 7. The highest BCUT2D eigenvalue weighted by atomic mass is 32.1. The van der Waals surface area contributed by atoms with Crippen molar-refractivity contribution in [3.8, 4) is 0 Å². The van der Waals surface area contributed by atoms with Crippen LogP contribution in [0.15, 0.2) is 53.5 Å². The molecule has 2 aromatic heterocycles. The molecular formula is C20H23N5OS. The Hall–Kier alpha value is -2.80. The molecule has 2 aromatic rings. The Morgan fingerprint density at radius 1 is 1.37 bits per heavy atom. The van der Waals surface area contributed by atoms with Crippen molar-refractivity contribution >= 4 is 39.6 Å². The van der Waals surface area contributed by atoms with Gasteiger partial charge in [-0.25, -0.2) is 9.97 Å². The number of hydrogen-bond donors (Lipinski definition) is 1. The highest BCUT2D eigenvalue weighted by Gasteiger charge is 2.24. The quantitative estimate of drug-likeness (QED) is 0.580. The monoisotopic (exact) mass is 381 g/mol. The molecule has 1 amide bonds. The van der Waals surface area contributed by atoms with Crippen molar-refractivity contribution in [3.63, 3.8) is 0 Å². The third kappa shape index (κ3) is 4.31. The summed E-state index contributed by atoms with van der Waals surface area (Å²) in [6, 6.07) is 1.80. The predicted molar refractivity (Wildman–Crippen MR) is 113 cm³/mol. The van der Waals surface area contributed by atoms with Crippen molar-refractivity contribution in [1.29, 1.82) is 0 Å². The van der Waals surface area contributed by atoms with Gasteiger partial charge in [0.1, 0.15) is 0 Å². The number of nitrogens with one attached hydrogen (secondary N) is 1. The Labute approximate surface area is 163 Å². The first-order valence-corrected chi connectivity index (χ1v) is 9.79. The lowest BCUT2D eigenvalue weighted by Crippen LogP contribution is -2.29. The van der Waals surface area contributed by atoms with Crippen molar-refractivity contribution in [2.45, 2.75) is 25.8 Å². The van der Waals surface area contributed by atoms with E-state index in [-0.39, 0.29) is 11.9 Å². The fourth-order valence-corrected chi connectivity index (χ4v) is 3.81. The van der Waals surface area contributed by atoms with E-state index in [0.717, 1.165) is 41.7 Å². The maximum absolute atomic E-state index is 12.9. The van der Waals surface area contributed by atoms with Crippen LogP contribution in [0.3, 0.4) is 0 Å². The maximum Gasteiger partial charge on any atom is 0.274 e. The van der Waals surface area contributed by atoms with Crippen LogP contribution in [0.2, 0.25) is 0 Å². The minimum atomic E-state index is -0.113. The molecule has 6 nitrogen and oxygen atoms in total. The lowest BCUT2D eigenvalue weighted by atomic mass is 10.1. The lowest BCUT2D eigenvalue weighted by Gasteiger charge is -2.18.